The summed E-state index contributed by atoms with van der Waals surface area (Å²) in [4.78, 5) is 14.6. The number of aromatic nitrogens is 1. The van der Waals surface area contributed by atoms with Crippen molar-refractivity contribution in [3.8, 4) is 22.9 Å². The number of nitrogens with one attached hydrogen (secondary N) is 1. The first-order chi connectivity index (χ1) is 12.5. The van der Waals surface area contributed by atoms with Crippen molar-refractivity contribution < 1.29 is 9.13 Å². The second-order valence-corrected chi connectivity index (χ2v) is 6.15. The second-order valence-electron chi connectivity index (χ2n) is 5.75. The van der Waals surface area contributed by atoms with Gasteiger partial charge in [-0.15, -0.1) is 0 Å². The molecule has 0 aliphatic rings. The molecule has 1 heterocycles. The van der Waals surface area contributed by atoms with E-state index in [-0.39, 0.29) is 17.2 Å². The van der Waals surface area contributed by atoms with Crippen LogP contribution in [0.15, 0.2) is 53.3 Å². The molecule has 4 nitrogen and oxygen atoms in total. The van der Waals surface area contributed by atoms with Crippen LogP contribution in [0, 0.1) is 24.1 Å². The van der Waals surface area contributed by atoms with E-state index in [0.29, 0.717) is 28.1 Å². The number of aromatic amines is 1. The molecule has 0 unspecified atom stereocenters. The van der Waals surface area contributed by atoms with Crippen molar-refractivity contribution in [2.45, 2.75) is 13.5 Å². The number of hydrogen-bond acceptors (Lipinski definition) is 3. The predicted molar refractivity (Wildman–Crippen MR) is 97.7 cm³/mol. The van der Waals surface area contributed by atoms with Crippen LogP contribution < -0.4 is 10.3 Å². The highest BCUT2D eigenvalue weighted by Crippen LogP contribution is 2.26. The van der Waals surface area contributed by atoms with Gasteiger partial charge in [-0.1, -0.05) is 29.8 Å². The summed E-state index contributed by atoms with van der Waals surface area (Å²) in [5.41, 5.74) is 2.15. The molecule has 0 amide bonds. The van der Waals surface area contributed by atoms with E-state index in [2.05, 4.69) is 4.98 Å². The monoisotopic (exact) mass is 368 g/mol. The highest BCUT2D eigenvalue weighted by atomic mass is 35.5. The van der Waals surface area contributed by atoms with Crippen molar-refractivity contribution in [2.75, 3.05) is 0 Å². The highest BCUT2D eigenvalue weighted by molar-refractivity contribution is 6.30. The fraction of sp³-hybridized carbons (Fsp3) is 0.100. The molecule has 1 aromatic heterocycles. The Morgan fingerprint density at radius 1 is 1.23 bits per heavy atom. The van der Waals surface area contributed by atoms with Gasteiger partial charge in [0, 0.05) is 11.3 Å². The first-order valence-corrected chi connectivity index (χ1v) is 8.17. The Labute approximate surface area is 154 Å². The Morgan fingerprint density at radius 3 is 2.77 bits per heavy atom. The summed E-state index contributed by atoms with van der Waals surface area (Å²) in [5, 5.41) is 9.33. The minimum Gasteiger partial charge on any atom is -0.489 e. The lowest BCUT2D eigenvalue weighted by atomic mass is 10.0. The molecule has 0 atom stereocenters. The van der Waals surface area contributed by atoms with E-state index in [0.717, 1.165) is 0 Å². The molecule has 1 N–H and O–H groups in total. The van der Waals surface area contributed by atoms with Crippen LogP contribution >= 0.6 is 11.6 Å². The van der Waals surface area contributed by atoms with Crippen LogP contribution in [-0.4, -0.2) is 4.98 Å². The maximum atomic E-state index is 13.5. The zero-order valence-corrected chi connectivity index (χ0v) is 14.6. The molecule has 0 fully saturated rings. The molecule has 3 rings (SSSR count). The molecule has 3 aromatic rings. The summed E-state index contributed by atoms with van der Waals surface area (Å²) in [7, 11) is 0. The van der Waals surface area contributed by atoms with E-state index >= 15 is 0 Å². The lowest BCUT2D eigenvalue weighted by molar-refractivity contribution is 0.305. The fourth-order valence-electron chi connectivity index (χ4n) is 2.58. The number of nitriles is 1. The van der Waals surface area contributed by atoms with E-state index in [4.69, 9.17) is 16.3 Å². The van der Waals surface area contributed by atoms with Crippen LogP contribution in [0.4, 0.5) is 4.39 Å². The van der Waals surface area contributed by atoms with Gasteiger partial charge in [-0.25, -0.2) is 4.39 Å². The Hall–Kier alpha value is -3.10. The van der Waals surface area contributed by atoms with Gasteiger partial charge < -0.3 is 9.72 Å². The largest absolute Gasteiger partial charge is 0.489 e. The predicted octanol–water partition coefficient (Wildman–Crippen LogP) is 4.59. The third kappa shape index (κ3) is 3.76. The normalized spacial score (nSPS) is 10.4. The third-order valence-electron chi connectivity index (χ3n) is 3.81. The number of H-pyrrole nitrogens is 1. The molecule has 0 saturated carbocycles. The third-order valence-corrected chi connectivity index (χ3v) is 4.12. The second kappa shape index (κ2) is 7.42. The highest BCUT2D eigenvalue weighted by Gasteiger charge is 2.11. The topological polar surface area (TPSA) is 65.9 Å². The van der Waals surface area contributed by atoms with Crippen molar-refractivity contribution >= 4 is 11.6 Å². The van der Waals surface area contributed by atoms with Crippen molar-refractivity contribution in [1.82, 2.24) is 4.98 Å². The molecular weight excluding hydrogens is 355 g/mol. The molecule has 26 heavy (non-hydrogen) atoms. The molecule has 0 spiro atoms. The van der Waals surface area contributed by atoms with Crippen LogP contribution in [0.25, 0.3) is 11.1 Å². The number of rotatable bonds is 4. The molecule has 0 aliphatic heterocycles. The number of halogens is 2. The lowest BCUT2D eigenvalue weighted by Gasteiger charge is -2.10. The number of pyridine rings is 1. The SMILES string of the molecule is Cc1cc(-c2cccc(OCc3ccc(Cl)c(F)c3)c2)c(C#N)c(=O)[nH]1. The number of ether oxygens (including phenoxy) is 1. The van der Waals surface area contributed by atoms with Gasteiger partial charge in [0.15, 0.2) is 0 Å². The van der Waals surface area contributed by atoms with Crippen molar-refractivity contribution in [2.24, 2.45) is 0 Å². The molecule has 6 heteroatoms. The van der Waals surface area contributed by atoms with E-state index in [9.17, 15) is 14.4 Å². The summed E-state index contributed by atoms with van der Waals surface area (Å²) in [6.07, 6.45) is 0. The van der Waals surface area contributed by atoms with E-state index in [1.807, 2.05) is 6.07 Å². The number of aryl methyl sites for hydroxylation is 1. The van der Waals surface area contributed by atoms with Crippen LogP contribution in [0.2, 0.25) is 5.02 Å². The quantitative estimate of drug-likeness (QED) is 0.732. The van der Waals surface area contributed by atoms with Crippen molar-refractivity contribution in [3.63, 3.8) is 0 Å². The van der Waals surface area contributed by atoms with E-state index < -0.39 is 11.4 Å². The Kier molecular flexibility index (Phi) is 5.06. The van der Waals surface area contributed by atoms with E-state index in [1.165, 1.54) is 12.1 Å². The maximum absolute atomic E-state index is 13.5. The zero-order chi connectivity index (χ0) is 18.7. The van der Waals surface area contributed by atoms with Gasteiger partial charge in [0.1, 0.15) is 29.8 Å². The standard InChI is InChI=1S/C20H14ClFN2O2/c1-12-7-16(17(10-23)20(25)24-12)14-3-2-4-15(9-14)26-11-13-5-6-18(21)19(22)8-13/h2-9H,11H2,1H3,(H,24,25). The molecule has 0 aliphatic carbocycles. The van der Waals surface area contributed by atoms with Crippen LogP contribution in [-0.2, 0) is 6.61 Å². The van der Waals surface area contributed by atoms with Gasteiger partial charge in [0.2, 0.25) is 0 Å². The molecule has 130 valence electrons. The van der Waals surface area contributed by atoms with E-state index in [1.54, 1.807) is 43.3 Å². The summed E-state index contributed by atoms with van der Waals surface area (Å²) in [5.74, 6) is 0.0406. The van der Waals surface area contributed by atoms with Crippen LogP contribution in [0.5, 0.6) is 5.75 Å². The number of benzene rings is 2. The summed E-state index contributed by atoms with van der Waals surface area (Å²) < 4.78 is 19.2. The molecular formula is C20H14ClFN2O2. The fourth-order valence-corrected chi connectivity index (χ4v) is 2.69. The molecule has 0 saturated heterocycles. The Balaban J connectivity index is 1.88. The van der Waals surface area contributed by atoms with Gasteiger partial charge in [-0.3, -0.25) is 4.79 Å². The van der Waals surface area contributed by atoms with Crippen LogP contribution in [0.3, 0.4) is 0 Å². The number of nitrogens with zero attached hydrogens (tertiary/aromatic N) is 1. The number of hydrogen-bond donors (Lipinski definition) is 1. The average Bonchev–Trinajstić information content (AvgIpc) is 2.62. The maximum Gasteiger partial charge on any atom is 0.266 e. The van der Waals surface area contributed by atoms with Crippen molar-refractivity contribution in [3.05, 3.63) is 86.5 Å². The lowest BCUT2D eigenvalue weighted by Crippen LogP contribution is -2.12. The first-order valence-electron chi connectivity index (χ1n) is 7.79. The minimum atomic E-state index is -0.501. The molecule has 0 radical (unpaired) electrons. The van der Waals surface area contributed by atoms with Gasteiger partial charge >= 0.3 is 0 Å². The summed E-state index contributed by atoms with van der Waals surface area (Å²) in [6, 6.07) is 15.2. The molecule has 2 aromatic carbocycles. The van der Waals surface area contributed by atoms with Gasteiger partial charge in [0.05, 0.1) is 5.02 Å². The summed E-state index contributed by atoms with van der Waals surface area (Å²) >= 11 is 5.67. The average molecular weight is 369 g/mol. The minimum absolute atomic E-state index is 0.0486. The summed E-state index contributed by atoms with van der Waals surface area (Å²) in [6.45, 7) is 1.92. The smallest absolute Gasteiger partial charge is 0.266 e. The van der Waals surface area contributed by atoms with Crippen molar-refractivity contribution in [1.29, 1.82) is 5.26 Å². The Bertz CT molecular complexity index is 1070. The zero-order valence-electron chi connectivity index (χ0n) is 13.8. The molecule has 0 bridgehead atoms. The van der Waals surface area contributed by atoms with Gasteiger partial charge in [-0.2, -0.15) is 5.26 Å². The first kappa shape index (κ1) is 17.7. The van der Waals surface area contributed by atoms with Gasteiger partial charge in [0.25, 0.3) is 5.56 Å². The van der Waals surface area contributed by atoms with Gasteiger partial charge in [-0.05, 0) is 48.4 Å². The Morgan fingerprint density at radius 2 is 2.04 bits per heavy atom. The van der Waals surface area contributed by atoms with Crippen LogP contribution in [0.1, 0.15) is 16.8 Å².